The Morgan fingerprint density at radius 3 is 2.96 bits per heavy atom. The van der Waals surface area contributed by atoms with Crippen LogP contribution in [0.4, 0.5) is 0 Å². The number of aromatic nitrogens is 3. The normalized spacial score (nSPS) is 12.4. The number of nitrogens with one attached hydrogen (secondary N) is 1. The summed E-state index contributed by atoms with van der Waals surface area (Å²) in [5.74, 6) is 0.261. The molecule has 0 aliphatic carbocycles. The molecular formula is C17H17N5O3. The predicted molar refractivity (Wildman–Crippen MR) is 92.6 cm³/mol. The number of fused-ring (bicyclic) bond motifs is 1. The van der Waals surface area contributed by atoms with E-state index in [0.29, 0.717) is 16.8 Å². The van der Waals surface area contributed by atoms with Crippen LogP contribution >= 0.6 is 0 Å². The molecule has 0 unspecified atom stereocenters. The fourth-order valence-corrected chi connectivity index (χ4v) is 2.31. The van der Waals surface area contributed by atoms with Crippen molar-refractivity contribution < 1.29 is 14.6 Å². The lowest BCUT2D eigenvalue weighted by atomic mass is 10.2. The highest BCUT2D eigenvalue weighted by Crippen LogP contribution is 2.21. The zero-order valence-corrected chi connectivity index (χ0v) is 13.7. The highest BCUT2D eigenvalue weighted by molar-refractivity contribution is 5.87. The molecule has 3 aromatic rings. The number of nitrogens with zero attached hydrogens (tertiary/aromatic N) is 4. The largest absolute Gasteiger partial charge is 0.507 e. The maximum absolute atomic E-state index is 12.3. The molecule has 8 nitrogen and oxygen atoms in total. The van der Waals surface area contributed by atoms with Crippen molar-refractivity contribution in [3.63, 3.8) is 0 Å². The van der Waals surface area contributed by atoms with E-state index < -0.39 is 6.04 Å². The zero-order chi connectivity index (χ0) is 17.8. The van der Waals surface area contributed by atoms with E-state index in [-0.39, 0.29) is 11.7 Å². The van der Waals surface area contributed by atoms with Crippen LogP contribution in [0.15, 0.2) is 47.6 Å². The maximum Gasteiger partial charge on any atom is 0.264 e. The average Bonchev–Trinajstić information content (AvgIpc) is 3.06. The molecule has 0 spiro atoms. The van der Waals surface area contributed by atoms with Crippen LogP contribution in [0.3, 0.4) is 0 Å². The fraction of sp³-hybridized carbons (Fsp3) is 0.176. The lowest BCUT2D eigenvalue weighted by Gasteiger charge is -2.10. The number of aromatic hydroxyl groups is 1. The van der Waals surface area contributed by atoms with Crippen molar-refractivity contribution in [3.05, 3.63) is 48.0 Å². The number of carbonyl (C=O) groups excluding carboxylic acids is 1. The minimum absolute atomic E-state index is 0.0362. The van der Waals surface area contributed by atoms with Crippen LogP contribution in [0.25, 0.3) is 11.0 Å². The van der Waals surface area contributed by atoms with Gasteiger partial charge in [0, 0.05) is 5.56 Å². The number of para-hydroxylation sites is 1. The van der Waals surface area contributed by atoms with E-state index in [0.717, 1.165) is 5.52 Å². The third-order valence-corrected chi connectivity index (χ3v) is 3.74. The summed E-state index contributed by atoms with van der Waals surface area (Å²) in [6, 6.07) is 11.5. The molecule has 0 aliphatic rings. The number of hydrazone groups is 1. The van der Waals surface area contributed by atoms with Gasteiger partial charge in [-0.1, -0.05) is 17.3 Å². The van der Waals surface area contributed by atoms with Crippen molar-refractivity contribution >= 4 is 23.2 Å². The highest BCUT2D eigenvalue weighted by atomic mass is 16.5. The van der Waals surface area contributed by atoms with Gasteiger partial charge < -0.3 is 9.84 Å². The highest BCUT2D eigenvalue weighted by Gasteiger charge is 2.18. The molecule has 0 saturated heterocycles. The molecule has 2 aromatic carbocycles. The first-order valence-electron chi connectivity index (χ1n) is 7.60. The summed E-state index contributed by atoms with van der Waals surface area (Å²) in [4.78, 5) is 12.3. The van der Waals surface area contributed by atoms with Gasteiger partial charge in [-0.15, -0.1) is 5.10 Å². The molecular weight excluding hydrogens is 322 g/mol. The molecule has 0 radical (unpaired) electrons. The van der Waals surface area contributed by atoms with Gasteiger partial charge in [0.25, 0.3) is 5.91 Å². The second kappa shape index (κ2) is 7.00. The van der Waals surface area contributed by atoms with Gasteiger partial charge in [0.2, 0.25) is 0 Å². The minimum Gasteiger partial charge on any atom is -0.507 e. The Morgan fingerprint density at radius 1 is 1.36 bits per heavy atom. The van der Waals surface area contributed by atoms with E-state index in [1.807, 2.05) is 24.3 Å². The molecule has 0 aliphatic heterocycles. The Labute approximate surface area is 143 Å². The number of phenolic OH excluding ortho intramolecular Hbond substituents is 1. The van der Waals surface area contributed by atoms with Gasteiger partial charge in [0.1, 0.15) is 23.1 Å². The van der Waals surface area contributed by atoms with Crippen molar-refractivity contribution in [1.29, 1.82) is 0 Å². The van der Waals surface area contributed by atoms with Crippen LogP contribution in [-0.4, -0.2) is 39.3 Å². The summed E-state index contributed by atoms with van der Waals surface area (Å²) in [6.45, 7) is 1.70. The maximum atomic E-state index is 12.3. The Bertz CT molecular complexity index is 935. The summed E-state index contributed by atoms with van der Waals surface area (Å²) in [5.41, 5.74) is 4.35. The molecule has 128 valence electrons. The molecule has 0 saturated carbocycles. The smallest absolute Gasteiger partial charge is 0.264 e. The van der Waals surface area contributed by atoms with Crippen LogP contribution in [0.2, 0.25) is 0 Å². The topological polar surface area (TPSA) is 102 Å². The summed E-state index contributed by atoms with van der Waals surface area (Å²) in [7, 11) is 1.53. The van der Waals surface area contributed by atoms with Crippen LogP contribution in [0, 0.1) is 0 Å². The van der Waals surface area contributed by atoms with Crippen molar-refractivity contribution in [2.75, 3.05) is 7.11 Å². The summed E-state index contributed by atoms with van der Waals surface area (Å²) < 4.78 is 6.62. The minimum atomic E-state index is -0.594. The number of ether oxygens (including phenoxy) is 1. The molecule has 25 heavy (non-hydrogen) atoms. The Morgan fingerprint density at radius 2 is 2.16 bits per heavy atom. The molecule has 3 rings (SSSR count). The van der Waals surface area contributed by atoms with Crippen molar-refractivity contribution in [2.24, 2.45) is 5.10 Å². The lowest BCUT2D eigenvalue weighted by Crippen LogP contribution is -2.28. The second-order valence-electron chi connectivity index (χ2n) is 5.36. The summed E-state index contributed by atoms with van der Waals surface area (Å²) in [6.07, 6.45) is 1.35. The average molecular weight is 339 g/mol. The lowest BCUT2D eigenvalue weighted by molar-refractivity contribution is -0.124. The molecule has 1 aromatic heterocycles. The number of hydrogen-bond donors (Lipinski definition) is 2. The van der Waals surface area contributed by atoms with Crippen molar-refractivity contribution in [2.45, 2.75) is 13.0 Å². The zero-order valence-electron chi connectivity index (χ0n) is 13.7. The number of carbonyl (C=O) groups is 1. The van der Waals surface area contributed by atoms with Gasteiger partial charge in [-0.05, 0) is 37.3 Å². The van der Waals surface area contributed by atoms with Crippen LogP contribution in [-0.2, 0) is 4.79 Å². The van der Waals surface area contributed by atoms with Gasteiger partial charge >= 0.3 is 0 Å². The van der Waals surface area contributed by atoms with Gasteiger partial charge in [0.05, 0.1) is 18.8 Å². The number of amides is 1. The second-order valence-corrected chi connectivity index (χ2v) is 5.36. The van der Waals surface area contributed by atoms with E-state index in [1.54, 1.807) is 19.1 Å². The quantitative estimate of drug-likeness (QED) is 0.546. The van der Waals surface area contributed by atoms with E-state index in [2.05, 4.69) is 20.8 Å². The van der Waals surface area contributed by atoms with Gasteiger partial charge in [0.15, 0.2) is 0 Å². The molecule has 8 heteroatoms. The van der Waals surface area contributed by atoms with Crippen molar-refractivity contribution in [3.8, 4) is 11.5 Å². The molecule has 0 fully saturated rings. The van der Waals surface area contributed by atoms with E-state index in [1.165, 1.54) is 24.1 Å². The first kappa shape index (κ1) is 16.4. The molecule has 0 bridgehead atoms. The predicted octanol–water partition coefficient (Wildman–Crippen LogP) is 1.86. The van der Waals surface area contributed by atoms with Gasteiger partial charge in [-0.3, -0.25) is 4.79 Å². The number of rotatable bonds is 5. The van der Waals surface area contributed by atoms with E-state index in [9.17, 15) is 9.90 Å². The Hall–Kier alpha value is -3.42. The summed E-state index contributed by atoms with van der Waals surface area (Å²) >= 11 is 0. The Balaban J connectivity index is 1.72. The van der Waals surface area contributed by atoms with Gasteiger partial charge in [-0.2, -0.15) is 5.10 Å². The van der Waals surface area contributed by atoms with Gasteiger partial charge in [-0.25, -0.2) is 10.1 Å². The first-order valence-corrected chi connectivity index (χ1v) is 7.60. The van der Waals surface area contributed by atoms with Crippen LogP contribution in [0.5, 0.6) is 11.5 Å². The summed E-state index contributed by atoms with van der Waals surface area (Å²) in [5, 5.41) is 21.7. The fourth-order valence-electron chi connectivity index (χ4n) is 2.31. The third kappa shape index (κ3) is 3.42. The number of benzene rings is 2. The van der Waals surface area contributed by atoms with Crippen molar-refractivity contribution in [1.82, 2.24) is 20.4 Å². The number of hydrogen-bond acceptors (Lipinski definition) is 6. The Kier molecular flexibility index (Phi) is 4.60. The SMILES string of the molecule is COc1ccc(O)c(/C=N\NC(=O)[C@@H](C)n2nnc3ccccc32)c1. The van der Waals surface area contributed by atoms with E-state index in [4.69, 9.17) is 4.74 Å². The monoisotopic (exact) mass is 339 g/mol. The van der Waals surface area contributed by atoms with E-state index >= 15 is 0 Å². The molecule has 1 atom stereocenters. The third-order valence-electron chi connectivity index (χ3n) is 3.74. The molecule has 1 amide bonds. The first-order chi connectivity index (χ1) is 12.1. The molecule has 1 heterocycles. The standard InChI is InChI=1S/C17H17N5O3/c1-11(22-15-6-4-3-5-14(15)19-21-22)17(24)20-18-10-12-9-13(25-2)7-8-16(12)23/h3-11,23H,1-2H3,(H,20,24)/b18-10-/t11-/m1/s1. The number of methoxy groups -OCH3 is 1. The molecule has 2 N–H and O–H groups in total. The van der Waals surface area contributed by atoms with Crippen LogP contribution < -0.4 is 10.2 Å². The number of phenols is 1. The van der Waals surface area contributed by atoms with Crippen LogP contribution in [0.1, 0.15) is 18.5 Å².